The second-order valence-electron chi connectivity index (χ2n) is 6.00. The molecular formula is C13H20N6O4. The Morgan fingerprint density at radius 2 is 2.13 bits per heavy atom. The molecule has 10 heteroatoms. The molecule has 1 unspecified atom stereocenters. The highest BCUT2D eigenvalue weighted by atomic mass is 16.6. The summed E-state index contributed by atoms with van der Waals surface area (Å²) in [6.07, 6.45) is -1.68. The number of nitrogen functional groups attached to an aromatic ring is 1. The summed E-state index contributed by atoms with van der Waals surface area (Å²) < 4.78 is 7.07. The van der Waals surface area contributed by atoms with E-state index in [0.29, 0.717) is 17.0 Å². The lowest BCUT2D eigenvalue weighted by atomic mass is 9.96. The molecule has 10 nitrogen and oxygen atoms in total. The molecule has 1 aliphatic rings. The number of hydrogen-bond acceptors (Lipinski definition) is 9. The van der Waals surface area contributed by atoms with Gasteiger partial charge >= 0.3 is 0 Å². The zero-order chi connectivity index (χ0) is 16.9. The second kappa shape index (κ2) is 5.27. The fraction of sp³-hybridized carbons (Fsp3) is 0.615. The Morgan fingerprint density at radius 3 is 2.70 bits per heavy atom. The molecule has 2 aromatic heterocycles. The van der Waals surface area contributed by atoms with Crippen molar-refractivity contribution in [2.24, 2.45) is 0 Å². The third-order valence-corrected chi connectivity index (χ3v) is 4.03. The molecule has 0 bridgehead atoms. The van der Waals surface area contributed by atoms with Gasteiger partial charge in [-0.2, -0.15) is 9.97 Å². The summed E-state index contributed by atoms with van der Waals surface area (Å²) in [5, 5.41) is 30.0. The van der Waals surface area contributed by atoms with Gasteiger partial charge in [0.25, 0.3) is 0 Å². The first-order chi connectivity index (χ1) is 10.8. The zero-order valence-electron chi connectivity index (χ0n) is 13.1. The Hall–Kier alpha value is -2.01. The van der Waals surface area contributed by atoms with Crippen LogP contribution in [0.25, 0.3) is 11.2 Å². The molecule has 0 amide bonds. The summed E-state index contributed by atoms with van der Waals surface area (Å²) in [6.45, 7) is 1.02. The summed E-state index contributed by atoms with van der Waals surface area (Å²) in [4.78, 5) is 14.3. The van der Waals surface area contributed by atoms with E-state index in [9.17, 15) is 15.3 Å². The highest BCUT2D eigenvalue weighted by Gasteiger charge is 2.53. The van der Waals surface area contributed by atoms with Gasteiger partial charge in [-0.15, -0.1) is 0 Å². The quantitative estimate of drug-likeness (QED) is 0.529. The van der Waals surface area contributed by atoms with Crippen LogP contribution < -0.4 is 10.6 Å². The number of rotatable bonds is 3. The number of fused-ring (bicyclic) bond motifs is 1. The van der Waals surface area contributed by atoms with Gasteiger partial charge in [-0.25, -0.2) is 4.98 Å². The van der Waals surface area contributed by atoms with Crippen molar-refractivity contribution < 1.29 is 20.1 Å². The van der Waals surface area contributed by atoms with Crippen LogP contribution in [-0.4, -0.2) is 73.3 Å². The molecule has 0 radical (unpaired) electrons. The van der Waals surface area contributed by atoms with Gasteiger partial charge in [0.15, 0.2) is 23.2 Å². The lowest BCUT2D eigenvalue weighted by Crippen LogP contribution is -2.44. The molecular weight excluding hydrogens is 304 g/mol. The first kappa shape index (κ1) is 15.9. The van der Waals surface area contributed by atoms with E-state index in [4.69, 9.17) is 10.5 Å². The fourth-order valence-electron chi connectivity index (χ4n) is 2.79. The summed E-state index contributed by atoms with van der Waals surface area (Å²) in [5.74, 6) is 0.586. The number of aliphatic hydroxyl groups excluding tert-OH is 2. The molecule has 3 heterocycles. The zero-order valence-corrected chi connectivity index (χ0v) is 13.1. The average molecular weight is 324 g/mol. The fourth-order valence-corrected chi connectivity index (χ4v) is 2.79. The van der Waals surface area contributed by atoms with E-state index in [1.165, 1.54) is 17.8 Å². The van der Waals surface area contributed by atoms with Crippen molar-refractivity contribution in [2.75, 3.05) is 31.3 Å². The molecule has 23 heavy (non-hydrogen) atoms. The highest BCUT2D eigenvalue weighted by Crippen LogP contribution is 2.39. The number of hydrogen-bond donors (Lipinski definition) is 4. The summed E-state index contributed by atoms with van der Waals surface area (Å²) in [7, 11) is 3.60. The van der Waals surface area contributed by atoms with E-state index >= 15 is 0 Å². The Morgan fingerprint density at radius 1 is 1.43 bits per heavy atom. The van der Waals surface area contributed by atoms with Crippen molar-refractivity contribution in [3.05, 3.63) is 6.33 Å². The lowest BCUT2D eigenvalue weighted by molar-refractivity contribution is -0.0950. The van der Waals surface area contributed by atoms with Crippen LogP contribution in [0.4, 0.5) is 11.8 Å². The van der Waals surface area contributed by atoms with E-state index < -0.39 is 30.6 Å². The molecule has 1 saturated heterocycles. The van der Waals surface area contributed by atoms with Gasteiger partial charge in [-0.05, 0) is 6.92 Å². The maximum atomic E-state index is 10.6. The monoisotopic (exact) mass is 324 g/mol. The van der Waals surface area contributed by atoms with Gasteiger partial charge in [-0.3, -0.25) is 4.57 Å². The minimum Gasteiger partial charge on any atom is -0.394 e. The molecule has 1 aliphatic heterocycles. The molecule has 126 valence electrons. The van der Waals surface area contributed by atoms with Crippen molar-refractivity contribution in [2.45, 2.75) is 31.0 Å². The average Bonchev–Trinajstić information content (AvgIpc) is 2.98. The van der Waals surface area contributed by atoms with Crippen LogP contribution in [0.15, 0.2) is 6.33 Å². The molecule has 1 fully saturated rings. The Kier molecular flexibility index (Phi) is 3.64. The minimum atomic E-state index is -1.63. The van der Waals surface area contributed by atoms with Gasteiger partial charge < -0.3 is 30.7 Å². The molecule has 4 atom stereocenters. The van der Waals surface area contributed by atoms with Gasteiger partial charge in [0.05, 0.1) is 12.9 Å². The van der Waals surface area contributed by atoms with Crippen LogP contribution in [0.5, 0.6) is 0 Å². The SMILES string of the molecule is CN(C)c1nc(N)nc2c1ncn2[C@@H]1O[C@H](CO)C(O)[C@]1(C)O. The molecule has 3 rings (SSSR count). The van der Waals surface area contributed by atoms with Crippen LogP contribution in [-0.2, 0) is 4.74 Å². The van der Waals surface area contributed by atoms with E-state index in [1.54, 1.807) is 19.0 Å². The number of imidazole rings is 1. The van der Waals surface area contributed by atoms with Crippen molar-refractivity contribution in [1.29, 1.82) is 0 Å². The van der Waals surface area contributed by atoms with Crippen molar-refractivity contribution >= 4 is 22.9 Å². The van der Waals surface area contributed by atoms with Gasteiger partial charge in [0.2, 0.25) is 5.95 Å². The van der Waals surface area contributed by atoms with E-state index in [1.807, 2.05) is 0 Å². The third kappa shape index (κ3) is 2.30. The third-order valence-electron chi connectivity index (χ3n) is 4.03. The number of aromatic nitrogens is 4. The second-order valence-corrected chi connectivity index (χ2v) is 6.00. The van der Waals surface area contributed by atoms with E-state index in [0.717, 1.165) is 0 Å². The maximum absolute atomic E-state index is 10.6. The van der Waals surface area contributed by atoms with Crippen molar-refractivity contribution in [1.82, 2.24) is 19.5 Å². The molecule has 0 aliphatic carbocycles. The largest absolute Gasteiger partial charge is 0.394 e. The highest BCUT2D eigenvalue weighted by molar-refractivity contribution is 5.84. The Balaban J connectivity index is 2.14. The van der Waals surface area contributed by atoms with Crippen LogP contribution in [0.1, 0.15) is 13.2 Å². The minimum absolute atomic E-state index is 0.0554. The molecule has 2 aromatic rings. The number of anilines is 2. The Bertz CT molecular complexity index is 731. The summed E-state index contributed by atoms with van der Waals surface area (Å²) in [6, 6.07) is 0. The van der Waals surface area contributed by atoms with E-state index in [-0.39, 0.29) is 5.95 Å². The number of nitrogens with zero attached hydrogens (tertiary/aromatic N) is 5. The first-order valence-corrected chi connectivity index (χ1v) is 7.11. The molecule has 5 N–H and O–H groups in total. The number of ether oxygens (including phenoxy) is 1. The van der Waals surface area contributed by atoms with Gasteiger partial charge in [0, 0.05) is 14.1 Å². The van der Waals surface area contributed by atoms with Crippen LogP contribution in [0.2, 0.25) is 0 Å². The summed E-state index contributed by atoms with van der Waals surface area (Å²) in [5.41, 5.74) is 4.99. The predicted octanol–water partition coefficient (Wildman–Crippen LogP) is -1.52. The van der Waals surface area contributed by atoms with E-state index in [2.05, 4.69) is 15.0 Å². The van der Waals surface area contributed by atoms with Crippen LogP contribution in [0, 0.1) is 0 Å². The standard InChI is InChI=1S/C13H20N6O4/c1-13(22)8(21)6(4-20)23-11(13)19-5-15-7-9(18(2)3)16-12(14)17-10(7)19/h5-6,8,11,20-22H,4H2,1-3H3,(H2,14,16,17)/t6-,8?,11-,13+/m1/s1. The topological polar surface area (TPSA) is 143 Å². The predicted molar refractivity (Wildman–Crippen MR) is 81.7 cm³/mol. The van der Waals surface area contributed by atoms with Crippen LogP contribution >= 0.6 is 0 Å². The molecule has 0 aromatic carbocycles. The van der Waals surface area contributed by atoms with Gasteiger partial charge in [-0.1, -0.05) is 0 Å². The van der Waals surface area contributed by atoms with Gasteiger partial charge in [0.1, 0.15) is 17.8 Å². The molecule has 0 spiro atoms. The first-order valence-electron chi connectivity index (χ1n) is 7.11. The molecule has 0 saturated carbocycles. The number of aliphatic hydroxyl groups is 3. The van der Waals surface area contributed by atoms with Crippen molar-refractivity contribution in [3.8, 4) is 0 Å². The smallest absolute Gasteiger partial charge is 0.224 e. The lowest BCUT2D eigenvalue weighted by Gasteiger charge is -2.27. The van der Waals surface area contributed by atoms with Crippen molar-refractivity contribution in [3.63, 3.8) is 0 Å². The Labute approximate surface area is 132 Å². The maximum Gasteiger partial charge on any atom is 0.224 e. The summed E-state index contributed by atoms with van der Waals surface area (Å²) >= 11 is 0. The van der Waals surface area contributed by atoms with Crippen LogP contribution in [0.3, 0.4) is 0 Å². The normalized spacial score (nSPS) is 31.0. The number of nitrogens with two attached hydrogens (primary N) is 1.